The first-order valence-corrected chi connectivity index (χ1v) is 35.6. The molecule has 6 nitrogen and oxygen atoms in total. The highest BCUT2D eigenvalue weighted by molar-refractivity contribution is 5.76. The zero-order valence-corrected chi connectivity index (χ0v) is 52.9. The standard InChI is InChI=1S/C72H139NO5/c1-3-5-7-9-11-13-15-17-19-20-31-34-37-40-44-48-52-56-60-64-70(75)69(68-74)73-71(76)65-61-57-53-49-45-41-38-35-32-29-27-25-23-21-22-24-26-28-30-33-36-39-43-47-51-55-59-63-67-78-72(77)66-62-58-54-50-46-42-18-16-14-12-10-8-6-4-2/h21-22,60,64,69-70,74-75H,3-20,23-59,61-63,65-68H2,1-2H3,(H,73,76)/b22-21-,64-60+. The van der Waals surface area contributed by atoms with Gasteiger partial charge in [-0.15, -0.1) is 0 Å². The van der Waals surface area contributed by atoms with E-state index in [1.165, 1.54) is 334 Å². The van der Waals surface area contributed by atoms with Crippen LogP contribution in [0.15, 0.2) is 24.3 Å². The number of hydrogen-bond acceptors (Lipinski definition) is 5. The van der Waals surface area contributed by atoms with Crippen LogP contribution >= 0.6 is 0 Å². The molecule has 462 valence electrons. The van der Waals surface area contributed by atoms with Crippen LogP contribution in [-0.4, -0.2) is 47.4 Å². The van der Waals surface area contributed by atoms with E-state index < -0.39 is 12.1 Å². The molecule has 0 radical (unpaired) electrons. The van der Waals surface area contributed by atoms with Gasteiger partial charge in [-0.2, -0.15) is 0 Å². The van der Waals surface area contributed by atoms with Gasteiger partial charge < -0.3 is 20.3 Å². The molecule has 0 bridgehead atoms. The van der Waals surface area contributed by atoms with Gasteiger partial charge in [-0.25, -0.2) is 0 Å². The zero-order chi connectivity index (χ0) is 56.4. The van der Waals surface area contributed by atoms with Gasteiger partial charge in [0.1, 0.15) is 0 Å². The van der Waals surface area contributed by atoms with Crippen LogP contribution in [0, 0.1) is 0 Å². The summed E-state index contributed by atoms with van der Waals surface area (Å²) in [5.74, 6) is -0.0458. The predicted molar refractivity (Wildman–Crippen MR) is 343 cm³/mol. The molecule has 0 aromatic rings. The first kappa shape index (κ1) is 76.3. The zero-order valence-electron chi connectivity index (χ0n) is 52.9. The Bertz CT molecular complexity index is 1220. The molecule has 3 N–H and O–H groups in total. The van der Waals surface area contributed by atoms with Crippen LogP contribution in [-0.2, 0) is 14.3 Å². The number of allylic oxidation sites excluding steroid dienone is 3. The Labute approximate surface area is 488 Å². The normalized spacial score (nSPS) is 12.6. The molecule has 6 heteroatoms. The average Bonchev–Trinajstić information content (AvgIpc) is 3.44. The van der Waals surface area contributed by atoms with Gasteiger partial charge in [0.2, 0.25) is 5.91 Å². The molecule has 78 heavy (non-hydrogen) atoms. The van der Waals surface area contributed by atoms with E-state index in [0.29, 0.717) is 19.4 Å². The summed E-state index contributed by atoms with van der Waals surface area (Å²) in [5.41, 5.74) is 0. The fraction of sp³-hybridized carbons (Fsp3) is 0.917. The molecule has 1 amide bonds. The highest BCUT2D eigenvalue weighted by Gasteiger charge is 2.18. The number of ether oxygens (including phenoxy) is 1. The number of amides is 1. The molecule has 2 atom stereocenters. The molecule has 0 aliphatic heterocycles. The molecule has 0 aliphatic rings. The van der Waals surface area contributed by atoms with Crippen molar-refractivity contribution in [2.24, 2.45) is 0 Å². The van der Waals surface area contributed by atoms with Gasteiger partial charge in [0, 0.05) is 12.8 Å². The Balaban J connectivity index is 3.39. The van der Waals surface area contributed by atoms with Crippen molar-refractivity contribution in [1.82, 2.24) is 5.32 Å². The maximum Gasteiger partial charge on any atom is 0.305 e. The largest absolute Gasteiger partial charge is 0.466 e. The summed E-state index contributed by atoms with van der Waals surface area (Å²) in [6.45, 7) is 4.95. The lowest BCUT2D eigenvalue weighted by molar-refractivity contribution is -0.143. The molecule has 0 aliphatic carbocycles. The number of nitrogens with one attached hydrogen (secondary N) is 1. The quantitative estimate of drug-likeness (QED) is 0.0320. The Kier molecular flexibility index (Phi) is 66.4. The summed E-state index contributed by atoms with van der Waals surface area (Å²) < 4.78 is 5.49. The van der Waals surface area contributed by atoms with Crippen molar-refractivity contribution in [3.8, 4) is 0 Å². The number of esters is 1. The van der Waals surface area contributed by atoms with Crippen LogP contribution in [0.4, 0.5) is 0 Å². The highest BCUT2D eigenvalue weighted by Crippen LogP contribution is 2.19. The summed E-state index contributed by atoms with van der Waals surface area (Å²) in [6, 6.07) is -0.628. The Morgan fingerprint density at radius 1 is 0.346 bits per heavy atom. The minimum Gasteiger partial charge on any atom is -0.466 e. The molecular formula is C72H139NO5. The number of rotatable bonds is 67. The molecule has 0 aromatic heterocycles. The van der Waals surface area contributed by atoms with Gasteiger partial charge in [-0.1, -0.05) is 353 Å². The van der Waals surface area contributed by atoms with E-state index in [9.17, 15) is 19.8 Å². The Hall–Kier alpha value is -1.66. The lowest BCUT2D eigenvalue weighted by Crippen LogP contribution is -2.45. The third kappa shape index (κ3) is 63.5. The van der Waals surface area contributed by atoms with E-state index in [4.69, 9.17) is 4.74 Å². The predicted octanol–water partition coefficient (Wildman–Crippen LogP) is 22.9. The van der Waals surface area contributed by atoms with Gasteiger partial charge >= 0.3 is 5.97 Å². The van der Waals surface area contributed by atoms with E-state index in [-0.39, 0.29) is 18.5 Å². The van der Waals surface area contributed by atoms with Gasteiger partial charge in [0.15, 0.2) is 0 Å². The van der Waals surface area contributed by atoms with Crippen molar-refractivity contribution in [2.45, 2.75) is 411 Å². The first-order valence-electron chi connectivity index (χ1n) is 35.6. The maximum absolute atomic E-state index is 12.5. The second-order valence-electron chi connectivity index (χ2n) is 24.6. The molecule has 0 saturated heterocycles. The molecule has 0 aromatic carbocycles. The third-order valence-electron chi connectivity index (χ3n) is 16.7. The second-order valence-corrected chi connectivity index (χ2v) is 24.6. The summed E-state index contributed by atoms with van der Waals surface area (Å²) in [5, 5.41) is 23.2. The van der Waals surface area contributed by atoms with Crippen molar-refractivity contribution >= 4 is 11.9 Å². The molecule has 0 fully saturated rings. The van der Waals surface area contributed by atoms with Crippen molar-refractivity contribution in [2.75, 3.05) is 13.2 Å². The second kappa shape index (κ2) is 67.8. The molecule has 0 spiro atoms. The minimum absolute atomic E-state index is 0.0185. The van der Waals surface area contributed by atoms with Crippen molar-refractivity contribution in [3.63, 3.8) is 0 Å². The van der Waals surface area contributed by atoms with Crippen molar-refractivity contribution < 1.29 is 24.5 Å². The number of aliphatic hydroxyl groups is 2. The van der Waals surface area contributed by atoms with E-state index >= 15 is 0 Å². The fourth-order valence-electron chi connectivity index (χ4n) is 11.3. The smallest absolute Gasteiger partial charge is 0.305 e. The first-order chi connectivity index (χ1) is 38.5. The van der Waals surface area contributed by atoms with Gasteiger partial charge in [0.05, 0.1) is 25.4 Å². The molecule has 0 saturated carbocycles. The summed E-state index contributed by atoms with van der Waals surface area (Å²) >= 11 is 0. The van der Waals surface area contributed by atoms with Crippen molar-refractivity contribution in [3.05, 3.63) is 24.3 Å². The number of hydrogen-bond donors (Lipinski definition) is 3. The molecular weight excluding hydrogens is 959 g/mol. The molecule has 0 rings (SSSR count). The Morgan fingerprint density at radius 3 is 0.910 bits per heavy atom. The number of carbonyl (C=O) groups is 2. The average molecular weight is 1100 g/mol. The van der Waals surface area contributed by atoms with Gasteiger partial charge in [0.25, 0.3) is 0 Å². The summed E-state index contributed by atoms with van der Waals surface area (Å²) in [4.78, 5) is 24.6. The van der Waals surface area contributed by atoms with Gasteiger partial charge in [-0.05, 0) is 57.8 Å². The van der Waals surface area contributed by atoms with Crippen LogP contribution in [0.1, 0.15) is 399 Å². The number of carbonyl (C=O) groups excluding carboxylic acids is 2. The maximum atomic E-state index is 12.5. The fourth-order valence-corrected chi connectivity index (χ4v) is 11.3. The van der Waals surface area contributed by atoms with Gasteiger partial charge in [-0.3, -0.25) is 9.59 Å². The summed E-state index contributed by atoms with van der Waals surface area (Å²) in [6.07, 6.45) is 85.4. The topological polar surface area (TPSA) is 95.9 Å². The van der Waals surface area contributed by atoms with Crippen LogP contribution in [0.2, 0.25) is 0 Å². The molecule has 0 heterocycles. The van der Waals surface area contributed by atoms with Crippen LogP contribution in [0.25, 0.3) is 0 Å². The van der Waals surface area contributed by atoms with Crippen molar-refractivity contribution in [1.29, 1.82) is 0 Å². The van der Waals surface area contributed by atoms with Crippen LogP contribution in [0.3, 0.4) is 0 Å². The monoisotopic (exact) mass is 1100 g/mol. The third-order valence-corrected chi connectivity index (χ3v) is 16.7. The highest BCUT2D eigenvalue weighted by atomic mass is 16.5. The number of unbranched alkanes of at least 4 members (excludes halogenated alkanes) is 54. The minimum atomic E-state index is -0.845. The van der Waals surface area contributed by atoms with Crippen LogP contribution < -0.4 is 5.32 Å². The summed E-state index contributed by atoms with van der Waals surface area (Å²) in [7, 11) is 0. The molecule has 2 unspecified atom stereocenters. The number of aliphatic hydroxyl groups excluding tert-OH is 2. The lowest BCUT2D eigenvalue weighted by Gasteiger charge is -2.20. The van der Waals surface area contributed by atoms with E-state index in [1.807, 2.05) is 6.08 Å². The Morgan fingerprint density at radius 2 is 0.603 bits per heavy atom. The van der Waals surface area contributed by atoms with E-state index in [2.05, 4.69) is 31.3 Å². The SMILES string of the molecule is CCCCCCCCCCCCCCCCCCC/C=C/C(O)C(CO)NC(=O)CCCCCCCCCCCCCC/C=C\CCCCCCCCCCCCCCOC(=O)CCCCCCCCCCCCCCCC. The van der Waals surface area contributed by atoms with Crippen LogP contribution in [0.5, 0.6) is 0 Å². The lowest BCUT2D eigenvalue weighted by atomic mass is 10.0. The van der Waals surface area contributed by atoms with E-state index in [0.717, 1.165) is 38.5 Å². The van der Waals surface area contributed by atoms with E-state index in [1.54, 1.807) is 6.08 Å².